The highest BCUT2D eigenvalue weighted by Crippen LogP contribution is 2.30. The van der Waals surface area contributed by atoms with Crippen molar-refractivity contribution < 1.29 is 19.1 Å². The number of carbonyl (C=O) groups is 2. The van der Waals surface area contributed by atoms with Gasteiger partial charge in [0, 0.05) is 23.2 Å². The van der Waals surface area contributed by atoms with Gasteiger partial charge in [-0.2, -0.15) is 0 Å². The predicted molar refractivity (Wildman–Crippen MR) is 77.7 cm³/mol. The minimum Gasteiger partial charge on any atom is -0.346 e. The van der Waals surface area contributed by atoms with Crippen LogP contribution in [0.1, 0.15) is 29.8 Å². The Labute approximate surface area is 126 Å². The summed E-state index contributed by atoms with van der Waals surface area (Å²) < 4.78 is 11.5. The van der Waals surface area contributed by atoms with Gasteiger partial charge in [-0.15, -0.1) is 0 Å². The lowest BCUT2D eigenvalue weighted by Gasteiger charge is -2.18. The number of Topliss-reactive ketones (excluding diaryl/α,β-unsaturated/α-hetero) is 2. The zero-order valence-electron chi connectivity index (χ0n) is 11.5. The molecule has 0 aliphatic heterocycles. The van der Waals surface area contributed by atoms with Gasteiger partial charge in [-0.1, -0.05) is 15.9 Å². The van der Waals surface area contributed by atoms with Crippen molar-refractivity contribution in [1.29, 1.82) is 0 Å². The van der Waals surface area contributed by atoms with Crippen LogP contribution >= 0.6 is 15.9 Å². The van der Waals surface area contributed by atoms with Gasteiger partial charge in [-0.3, -0.25) is 9.59 Å². The highest BCUT2D eigenvalue weighted by Gasteiger charge is 2.39. The highest BCUT2D eigenvalue weighted by molar-refractivity contribution is 9.10. The summed E-state index contributed by atoms with van der Waals surface area (Å²) in [4.78, 5) is 24.7. The molecule has 0 radical (unpaired) electrons. The molecule has 0 fully saturated rings. The van der Waals surface area contributed by atoms with Gasteiger partial charge in [0.15, 0.2) is 11.6 Å². The number of ether oxygens (including phenoxy) is 2. The van der Waals surface area contributed by atoms with Gasteiger partial charge in [-0.05, 0) is 44.0 Å². The second-order valence-electron chi connectivity index (χ2n) is 4.57. The molecule has 1 aliphatic rings. The van der Waals surface area contributed by atoms with Gasteiger partial charge in [0.25, 0.3) is 0 Å². The van der Waals surface area contributed by atoms with Crippen molar-refractivity contribution in [3.8, 4) is 0 Å². The lowest BCUT2D eigenvalue weighted by atomic mass is 9.99. The topological polar surface area (TPSA) is 52.6 Å². The third-order valence-corrected chi connectivity index (χ3v) is 3.78. The fraction of sp³-hybridized carbons (Fsp3) is 0.467. The van der Waals surface area contributed by atoms with Crippen LogP contribution in [0.15, 0.2) is 22.7 Å². The molecule has 0 spiro atoms. The van der Waals surface area contributed by atoms with Crippen molar-refractivity contribution in [2.24, 2.45) is 5.92 Å². The molecule has 1 aromatic rings. The maximum absolute atomic E-state index is 12.4. The quantitative estimate of drug-likeness (QED) is 0.590. The van der Waals surface area contributed by atoms with Gasteiger partial charge in [0.2, 0.25) is 6.29 Å². The normalized spacial score (nSPS) is 17.6. The fourth-order valence-corrected chi connectivity index (χ4v) is 2.79. The number of fused-ring (bicyclic) bond motifs is 1. The largest absolute Gasteiger partial charge is 0.346 e. The molecule has 0 bridgehead atoms. The van der Waals surface area contributed by atoms with E-state index in [9.17, 15) is 9.59 Å². The molecule has 1 aromatic carbocycles. The molecule has 4 nitrogen and oxygen atoms in total. The SMILES string of the molecule is CCOC(OCC)C(=O)C1Cc2cc(Br)ccc2C1=O. The molecule has 2 rings (SSSR count). The molecule has 0 aromatic heterocycles. The van der Waals surface area contributed by atoms with E-state index in [2.05, 4.69) is 15.9 Å². The van der Waals surface area contributed by atoms with Crippen LogP contribution in [0.4, 0.5) is 0 Å². The van der Waals surface area contributed by atoms with E-state index in [0.29, 0.717) is 25.2 Å². The van der Waals surface area contributed by atoms with Crippen molar-refractivity contribution >= 4 is 27.5 Å². The summed E-state index contributed by atoms with van der Waals surface area (Å²) >= 11 is 3.37. The fourth-order valence-electron chi connectivity index (χ4n) is 2.38. The first-order valence-corrected chi connectivity index (χ1v) is 7.47. The zero-order valence-corrected chi connectivity index (χ0v) is 13.1. The standard InChI is InChI=1S/C15H17BrO4/c1-3-19-15(20-4-2)14(18)12-8-9-7-10(16)5-6-11(9)13(12)17/h5-7,12,15H,3-4,8H2,1-2H3. The van der Waals surface area contributed by atoms with Crippen LogP contribution in [0.5, 0.6) is 0 Å². The van der Waals surface area contributed by atoms with E-state index in [-0.39, 0.29) is 11.6 Å². The van der Waals surface area contributed by atoms with Crippen molar-refractivity contribution in [2.45, 2.75) is 26.6 Å². The first kappa shape index (κ1) is 15.4. The van der Waals surface area contributed by atoms with Gasteiger partial charge >= 0.3 is 0 Å². The molecule has 20 heavy (non-hydrogen) atoms. The van der Waals surface area contributed by atoms with Crippen molar-refractivity contribution in [2.75, 3.05) is 13.2 Å². The van der Waals surface area contributed by atoms with Gasteiger partial charge in [0.1, 0.15) is 0 Å². The Balaban J connectivity index is 2.19. The van der Waals surface area contributed by atoms with Crippen LogP contribution in [0.2, 0.25) is 0 Å². The summed E-state index contributed by atoms with van der Waals surface area (Å²) in [5.41, 5.74) is 1.52. The van der Waals surface area contributed by atoms with Crippen LogP contribution < -0.4 is 0 Å². The van der Waals surface area contributed by atoms with E-state index in [1.807, 2.05) is 12.1 Å². The molecule has 0 saturated carbocycles. The van der Waals surface area contributed by atoms with Crippen LogP contribution in [-0.2, 0) is 20.7 Å². The second kappa shape index (κ2) is 6.61. The monoisotopic (exact) mass is 340 g/mol. The van der Waals surface area contributed by atoms with E-state index in [0.717, 1.165) is 10.0 Å². The molecular formula is C15H17BrO4. The van der Waals surface area contributed by atoms with E-state index in [1.54, 1.807) is 19.9 Å². The number of ketones is 2. The first-order valence-electron chi connectivity index (χ1n) is 6.68. The molecular weight excluding hydrogens is 324 g/mol. The van der Waals surface area contributed by atoms with E-state index >= 15 is 0 Å². The van der Waals surface area contributed by atoms with Gasteiger partial charge in [-0.25, -0.2) is 0 Å². The van der Waals surface area contributed by atoms with Crippen LogP contribution in [-0.4, -0.2) is 31.1 Å². The Morgan fingerprint density at radius 1 is 1.35 bits per heavy atom. The van der Waals surface area contributed by atoms with Gasteiger partial charge < -0.3 is 9.47 Å². The number of benzene rings is 1. The number of halogens is 1. The number of carbonyl (C=O) groups excluding carboxylic acids is 2. The summed E-state index contributed by atoms with van der Waals surface area (Å²) in [5.74, 6) is -1.12. The van der Waals surface area contributed by atoms with Crippen LogP contribution in [0, 0.1) is 5.92 Å². The third-order valence-electron chi connectivity index (χ3n) is 3.29. The summed E-state index contributed by atoms with van der Waals surface area (Å²) in [5, 5.41) is 0. The lowest BCUT2D eigenvalue weighted by molar-refractivity contribution is -0.170. The van der Waals surface area contributed by atoms with Crippen molar-refractivity contribution in [3.05, 3.63) is 33.8 Å². The molecule has 0 heterocycles. The second-order valence-corrected chi connectivity index (χ2v) is 5.48. The molecule has 0 saturated heterocycles. The average Bonchev–Trinajstić information content (AvgIpc) is 2.74. The molecule has 1 unspecified atom stereocenters. The van der Waals surface area contributed by atoms with E-state index in [1.165, 1.54) is 0 Å². The van der Waals surface area contributed by atoms with E-state index < -0.39 is 12.2 Å². The molecule has 1 aliphatic carbocycles. The maximum atomic E-state index is 12.4. The summed E-state index contributed by atoms with van der Waals surface area (Å²) in [6, 6.07) is 5.45. The smallest absolute Gasteiger partial charge is 0.218 e. The van der Waals surface area contributed by atoms with Crippen LogP contribution in [0.25, 0.3) is 0 Å². The highest BCUT2D eigenvalue weighted by atomic mass is 79.9. The van der Waals surface area contributed by atoms with E-state index in [4.69, 9.17) is 9.47 Å². The summed E-state index contributed by atoms with van der Waals surface area (Å²) in [7, 11) is 0. The van der Waals surface area contributed by atoms with Crippen LogP contribution in [0.3, 0.4) is 0 Å². The average molecular weight is 341 g/mol. The Morgan fingerprint density at radius 2 is 2.00 bits per heavy atom. The minimum atomic E-state index is -0.947. The van der Waals surface area contributed by atoms with Gasteiger partial charge in [0.05, 0.1) is 5.92 Å². The zero-order chi connectivity index (χ0) is 14.7. The maximum Gasteiger partial charge on any atom is 0.218 e. The Morgan fingerprint density at radius 3 is 2.60 bits per heavy atom. The number of rotatable bonds is 6. The number of hydrogen-bond acceptors (Lipinski definition) is 4. The molecule has 1 atom stereocenters. The molecule has 0 amide bonds. The van der Waals surface area contributed by atoms with Crippen molar-refractivity contribution in [1.82, 2.24) is 0 Å². The van der Waals surface area contributed by atoms with Crippen molar-refractivity contribution in [3.63, 3.8) is 0 Å². The lowest BCUT2D eigenvalue weighted by Crippen LogP contribution is -2.35. The molecule has 0 N–H and O–H groups in total. The third kappa shape index (κ3) is 3.00. The predicted octanol–water partition coefficient (Wildman–Crippen LogP) is 2.77. The Bertz CT molecular complexity index is 521. The summed E-state index contributed by atoms with van der Waals surface area (Å²) in [6.07, 6.45) is -0.528. The Kier molecular flexibility index (Phi) is 5.07. The minimum absolute atomic E-state index is 0.137. The first-order chi connectivity index (χ1) is 9.58. The molecule has 108 valence electrons. The Hall–Kier alpha value is -1.04. The summed E-state index contributed by atoms with van der Waals surface area (Å²) in [6.45, 7) is 4.33. The number of hydrogen-bond donors (Lipinski definition) is 0. The molecule has 5 heteroatoms.